The molecule has 0 saturated heterocycles. The molecule has 0 saturated carbocycles. The second-order valence-electron chi connectivity index (χ2n) is 4.43. The van der Waals surface area contributed by atoms with Gasteiger partial charge in [-0.25, -0.2) is 0 Å². The van der Waals surface area contributed by atoms with E-state index < -0.39 is 0 Å². The first-order valence-electron chi connectivity index (χ1n) is 6.22. The van der Waals surface area contributed by atoms with Crippen molar-refractivity contribution in [2.45, 2.75) is 26.3 Å². The minimum atomic E-state index is 0.310. The van der Waals surface area contributed by atoms with Crippen molar-refractivity contribution in [3.63, 3.8) is 0 Å². The van der Waals surface area contributed by atoms with Gasteiger partial charge in [0.25, 0.3) is 0 Å². The summed E-state index contributed by atoms with van der Waals surface area (Å²) in [5, 5.41) is 6.44. The number of halogens is 1. The van der Waals surface area contributed by atoms with Crippen LogP contribution in [0.2, 0.25) is 5.02 Å². The first-order chi connectivity index (χ1) is 8.70. The van der Waals surface area contributed by atoms with Gasteiger partial charge in [-0.15, -0.1) is 11.3 Å². The summed E-state index contributed by atoms with van der Waals surface area (Å²) < 4.78 is 0. The van der Waals surface area contributed by atoms with Crippen molar-refractivity contribution in [1.29, 1.82) is 0 Å². The predicted octanol–water partition coefficient (Wildman–Crippen LogP) is 4.60. The molecular formula is C15H18ClNS. The van der Waals surface area contributed by atoms with Gasteiger partial charge in [0.1, 0.15) is 0 Å². The molecule has 0 amide bonds. The van der Waals surface area contributed by atoms with Gasteiger partial charge in [0.05, 0.1) is 5.02 Å². The molecule has 2 rings (SSSR count). The Morgan fingerprint density at radius 2 is 1.94 bits per heavy atom. The summed E-state index contributed by atoms with van der Waals surface area (Å²) in [6.45, 7) is 5.19. The van der Waals surface area contributed by atoms with E-state index in [1.165, 1.54) is 16.0 Å². The Morgan fingerprint density at radius 1 is 1.22 bits per heavy atom. The largest absolute Gasteiger partial charge is 0.309 e. The Bertz CT molecular complexity index is 489. The highest BCUT2D eigenvalue weighted by Gasteiger charge is 2.15. The van der Waals surface area contributed by atoms with Gasteiger partial charge in [-0.05, 0) is 36.9 Å². The lowest BCUT2D eigenvalue weighted by atomic mass is 10.0. The molecule has 18 heavy (non-hydrogen) atoms. The lowest BCUT2D eigenvalue weighted by Gasteiger charge is -2.17. The summed E-state index contributed by atoms with van der Waals surface area (Å²) in [5.41, 5.74) is 2.64. The molecule has 0 fully saturated rings. The molecule has 1 aromatic carbocycles. The van der Waals surface area contributed by atoms with Gasteiger partial charge in [0.2, 0.25) is 0 Å². The fourth-order valence-electron chi connectivity index (χ4n) is 2.02. The quantitative estimate of drug-likeness (QED) is 0.843. The minimum Gasteiger partial charge on any atom is -0.309 e. The highest BCUT2D eigenvalue weighted by Crippen LogP contribution is 2.30. The first-order valence-corrected chi connectivity index (χ1v) is 7.48. The zero-order valence-electron chi connectivity index (χ0n) is 10.7. The molecule has 0 aliphatic rings. The van der Waals surface area contributed by atoms with Crippen molar-refractivity contribution in [3.05, 3.63) is 56.7 Å². The smallest absolute Gasteiger partial charge is 0.0561 e. The van der Waals surface area contributed by atoms with Crippen LogP contribution < -0.4 is 5.32 Å². The summed E-state index contributed by atoms with van der Waals surface area (Å²) in [7, 11) is 0. The van der Waals surface area contributed by atoms with E-state index in [2.05, 4.69) is 48.8 Å². The van der Waals surface area contributed by atoms with Crippen LogP contribution in [0.3, 0.4) is 0 Å². The molecule has 1 unspecified atom stereocenters. The molecule has 96 valence electrons. The second kappa shape index (κ2) is 6.37. The molecule has 3 heteroatoms. The molecular weight excluding hydrogens is 262 g/mol. The molecule has 1 nitrogen and oxygen atoms in total. The maximum atomic E-state index is 6.23. The Balaban J connectivity index is 2.16. The third-order valence-corrected chi connectivity index (χ3v) is 4.44. The van der Waals surface area contributed by atoms with E-state index in [9.17, 15) is 0 Å². The number of hydrogen-bond donors (Lipinski definition) is 1. The van der Waals surface area contributed by atoms with Gasteiger partial charge in [0, 0.05) is 10.9 Å². The molecule has 0 aliphatic heterocycles. The highest BCUT2D eigenvalue weighted by molar-refractivity contribution is 7.10. The second-order valence-corrected chi connectivity index (χ2v) is 5.79. The van der Waals surface area contributed by atoms with Crippen LogP contribution >= 0.6 is 22.9 Å². The van der Waals surface area contributed by atoms with E-state index in [-0.39, 0.29) is 0 Å². The van der Waals surface area contributed by atoms with Gasteiger partial charge >= 0.3 is 0 Å². The topological polar surface area (TPSA) is 12.0 Å². The maximum absolute atomic E-state index is 6.23. The van der Waals surface area contributed by atoms with Crippen LogP contribution in [0.4, 0.5) is 0 Å². The number of hydrogen-bond acceptors (Lipinski definition) is 2. The van der Waals surface area contributed by atoms with Crippen LogP contribution in [0, 0.1) is 6.92 Å². The van der Waals surface area contributed by atoms with Crippen LogP contribution in [-0.2, 0) is 6.42 Å². The summed E-state index contributed by atoms with van der Waals surface area (Å²) in [6.07, 6.45) is 0.981. The molecule has 0 aliphatic carbocycles. The van der Waals surface area contributed by atoms with Crippen LogP contribution in [-0.4, -0.2) is 6.54 Å². The molecule has 1 atom stereocenters. The van der Waals surface area contributed by atoms with Crippen molar-refractivity contribution in [1.82, 2.24) is 5.32 Å². The van der Waals surface area contributed by atoms with Gasteiger partial charge in [-0.1, -0.05) is 48.4 Å². The minimum absolute atomic E-state index is 0.310. The number of nitrogens with one attached hydrogen (secondary N) is 1. The summed E-state index contributed by atoms with van der Waals surface area (Å²) in [5.74, 6) is 0. The molecule has 2 aromatic rings. The Hall–Kier alpha value is -0.830. The Kier molecular flexibility index (Phi) is 4.81. The molecule has 1 heterocycles. The van der Waals surface area contributed by atoms with Gasteiger partial charge < -0.3 is 5.32 Å². The monoisotopic (exact) mass is 279 g/mol. The standard InChI is InChI=1S/C15H18ClNS/c1-3-17-14(15-13(16)8-9-18-15)10-12-6-4-11(2)5-7-12/h4-9,14,17H,3,10H2,1-2H3. The average Bonchev–Trinajstić information content (AvgIpc) is 2.78. The Labute approximate surface area is 118 Å². The summed E-state index contributed by atoms with van der Waals surface area (Å²) >= 11 is 7.96. The third kappa shape index (κ3) is 3.35. The summed E-state index contributed by atoms with van der Waals surface area (Å²) in [4.78, 5) is 1.24. The number of thiophene rings is 1. The van der Waals surface area contributed by atoms with Crippen molar-refractivity contribution in [2.24, 2.45) is 0 Å². The van der Waals surface area contributed by atoms with E-state index in [1.807, 2.05) is 6.07 Å². The molecule has 0 bridgehead atoms. The van der Waals surface area contributed by atoms with Crippen molar-refractivity contribution in [2.75, 3.05) is 6.54 Å². The van der Waals surface area contributed by atoms with E-state index in [0.29, 0.717) is 6.04 Å². The normalized spacial score (nSPS) is 12.6. The van der Waals surface area contributed by atoms with E-state index >= 15 is 0 Å². The molecule has 0 radical (unpaired) electrons. The molecule has 0 spiro atoms. The highest BCUT2D eigenvalue weighted by atomic mass is 35.5. The van der Waals surface area contributed by atoms with E-state index in [1.54, 1.807) is 11.3 Å². The fourth-order valence-corrected chi connectivity index (χ4v) is 3.28. The third-order valence-electron chi connectivity index (χ3n) is 2.97. The van der Waals surface area contributed by atoms with E-state index in [4.69, 9.17) is 11.6 Å². The van der Waals surface area contributed by atoms with Crippen LogP contribution in [0.25, 0.3) is 0 Å². The number of aryl methyl sites for hydroxylation is 1. The van der Waals surface area contributed by atoms with E-state index in [0.717, 1.165) is 18.0 Å². The van der Waals surface area contributed by atoms with Crippen LogP contribution in [0.5, 0.6) is 0 Å². The van der Waals surface area contributed by atoms with Crippen molar-refractivity contribution >= 4 is 22.9 Å². The zero-order chi connectivity index (χ0) is 13.0. The maximum Gasteiger partial charge on any atom is 0.0561 e. The van der Waals surface area contributed by atoms with Gasteiger partial charge in [-0.3, -0.25) is 0 Å². The van der Waals surface area contributed by atoms with Crippen LogP contribution in [0.15, 0.2) is 35.7 Å². The molecule has 1 N–H and O–H groups in total. The predicted molar refractivity (Wildman–Crippen MR) is 80.6 cm³/mol. The number of likely N-dealkylation sites (N-methyl/N-ethyl adjacent to an activating group) is 1. The average molecular weight is 280 g/mol. The lowest BCUT2D eigenvalue weighted by molar-refractivity contribution is 0.558. The lowest BCUT2D eigenvalue weighted by Crippen LogP contribution is -2.22. The van der Waals surface area contributed by atoms with Crippen molar-refractivity contribution in [3.8, 4) is 0 Å². The van der Waals surface area contributed by atoms with Gasteiger partial charge in [0.15, 0.2) is 0 Å². The van der Waals surface area contributed by atoms with Crippen molar-refractivity contribution < 1.29 is 0 Å². The summed E-state index contributed by atoms with van der Waals surface area (Å²) in [6, 6.07) is 11.0. The van der Waals surface area contributed by atoms with Crippen LogP contribution in [0.1, 0.15) is 29.0 Å². The number of benzene rings is 1. The van der Waals surface area contributed by atoms with Gasteiger partial charge in [-0.2, -0.15) is 0 Å². The first kappa shape index (κ1) is 13.6. The zero-order valence-corrected chi connectivity index (χ0v) is 12.3. The number of rotatable bonds is 5. The molecule has 1 aromatic heterocycles. The SMILES string of the molecule is CCNC(Cc1ccc(C)cc1)c1sccc1Cl. The fraction of sp³-hybridized carbons (Fsp3) is 0.333. The Morgan fingerprint density at radius 3 is 2.50 bits per heavy atom.